The van der Waals surface area contributed by atoms with Gasteiger partial charge in [0.15, 0.2) is 0 Å². The first-order valence-corrected chi connectivity index (χ1v) is 8.11. The number of halogens is 1. The molecular weight excluding hydrogens is 305 g/mol. The molecule has 0 saturated carbocycles. The minimum Gasteiger partial charge on any atom is -0.336 e. The van der Waals surface area contributed by atoms with Crippen LogP contribution in [0, 0.1) is 5.82 Å². The number of likely N-dealkylation sites (N-methyl/N-ethyl adjacent to an activating group) is 1. The lowest BCUT2D eigenvalue weighted by Gasteiger charge is -2.26. The molecule has 4 nitrogen and oxygen atoms in total. The molecule has 1 aliphatic rings. The number of carbonyl (C=O) groups is 1. The van der Waals surface area contributed by atoms with E-state index in [4.69, 9.17) is 0 Å². The van der Waals surface area contributed by atoms with Gasteiger partial charge in [0.1, 0.15) is 5.82 Å². The monoisotopic (exact) mass is 327 g/mol. The molecule has 126 valence electrons. The molecular formula is C19H22FN3O. The van der Waals surface area contributed by atoms with Gasteiger partial charge in [-0.25, -0.2) is 9.18 Å². The first-order chi connectivity index (χ1) is 11.6. The molecule has 1 heterocycles. The molecule has 0 fully saturated rings. The van der Waals surface area contributed by atoms with E-state index in [1.165, 1.54) is 12.1 Å². The lowest BCUT2D eigenvalue weighted by Crippen LogP contribution is -2.42. The summed E-state index contributed by atoms with van der Waals surface area (Å²) >= 11 is 0. The number of benzene rings is 2. The van der Waals surface area contributed by atoms with Crippen LogP contribution in [0.5, 0.6) is 0 Å². The van der Waals surface area contributed by atoms with E-state index in [-0.39, 0.29) is 17.9 Å². The van der Waals surface area contributed by atoms with Crippen LogP contribution in [0.15, 0.2) is 48.5 Å². The fourth-order valence-corrected chi connectivity index (χ4v) is 3.12. The lowest BCUT2D eigenvalue weighted by molar-refractivity contribution is 0.238. The summed E-state index contributed by atoms with van der Waals surface area (Å²) in [4.78, 5) is 16.2. The van der Waals surface area contributed by atoms with Gasteiger partial charge in [-0.1, -0.05) is 36.4 Å². The number of nitrogens with zero attached hydrogens (tertiary/aromatic N) is 2. The van der Waals surface area contributed by atoms with Crippen LogP contribution < -0.4 is 10.2 Å². The van der Waals surface area contributed by atoms with E-state index >= 15 is 0 Å². The summed E-state index contributed by atoms with van der Waals surface area (Å²) in [5, 5.41) is 2.99. The molecule has 0 aliphatic carbocycles. The number of anilines is 1. The number of nitrogens with one attached hydrogen (secondary N) is 1. The van der Waals surface area contributed by atoms with Crippen molar-refractivity contribution in [1.82, 2.24) is 10.2 Å². The van der Waals surface area contributed by atoms with E-state index in [9.17, 15) is 9.18 Å². The second-order valence-electron chi connectivity index (χ2n) is 6.25. The van der Waals surface area contributed by atoms with Crippen LogP contribution in [0.25, 0.3) is 0 Å². The predicted molar refractivity (Wildman–Crippen MR) is 93.7 cm³/mol. The van der Waals surface area contributed by atoms with Gasteiger partial charge >= 0.3 is 6.03 Å². The van der Waals surface area contributed by atoms with Gasteiger partial charge in [-0.2, -0.15) is 0 Å². The minimum atomic E-state index is -0.316. The number of urea groups is 1. The predicted octanol–water partition coefficient (Wildman–Crippen LogP) is 3.20. The van der Waals surface area contributed by atoms with Crippen LogP contribution in [0.2, 0.25) is 0 Å². The third-order valence-corrected chi connectivity index (χ3v) is 4.44. The van der Waals surface area contributed by atoms with Gasteiger partial charge < -0.3 is 10.2 Å². The molecule has 1 aliphatic heterocycles. The summed E-state index contributed by atoms with van der Waals surface area (Å²) in [6.45, 7) is 1.08. The van der Waals surface area contributed by atoms with E-state index in [1.54, 1.807) is 11.0 Å². The molecule has 3 rings (SSSR count). The molecule has 1 atom stereocenters. The van der Waals surface area contributed by atoms with E-state index < -0.39 is 0 Å². The first-order valence-electron chi connectivity index (χ1n) is 8.11. The molecule has 2 aromatic carbocycles. The Morgan fingerprint density at radius 2 is 2.00 bits per heavy atom. The quantitative estimate of drug-likeness (QED) is 0.936. The fourth-order valence-electron chi connectivity index (χ4n) is 3.12. The van der Waals surface area contributed by atoms with Gasteiger partial charge in [0.25, 0.3) is 0 Å². The average molecular weight is 327 g/mol. The molecule has 0 radical (unpaired) electrons. The van der Waals surface area contributed by atoms with E-state index in [0.29, 0.717) is 18.8 Å². The summed E-state index contributed by atoms with van der Waals surface area (Å²) in [5.41, 5.74) is 2.84. The maximum absolute atomic E-state index is 13.5. The lowest BCUT2D eigenvalue weighted by atomic mass is 10.1. The van der Waals surface area contributed by atoms with Crippen molar-refractivity contribution >= 4 is 11.7 Å². The van der Waals surface area contributed by atoms with Crippen LogP contribution in [0.3, 0.4) is 0 Å². The van der Waals surface area contributed by atoms with Crippen LogP contribution in [0.4, 0.5) is 14.9 Å². The smallest absolute Gasteiger partial charge is 0.321 e. The maximum Gasteiger partial charge on any atom is 0.321 e. The number of fused-ring (bicyclic) bond motifs is 1. The second kappa shape index (κ2) is 7.01. The average Bonchev–Trinajstić information content (AvgIpc) is 2.98. The molecule has 0 spiro atoms. The summed E-state index contributed by atoms with van der Waals surface area (Å²) in [5.74, 6) is -0.316. The van der Waals surface area contributed by atoms with E-state index in [2.05, 4.69) is 22.3 Å². The van der Waals surface area contributed by atoms with Crippen molar-refractivity contribution in [3.05, 3.63) is 65.5 Å². The van der Waals surface area contributed by atoms with E-state index in [0.717, 1.165) is 17.5 Å². The molecule has 0 aromatic heterocycles. The standard InChI is InChI=1S/C19H22FN3O/c1-22(2)18(14-6-4-3-5-7-14)13-21-19(24)23-11-10-15-8-9-16(20)12-17(15)23/h3-9,12,18H,10-11,13H2,1-2H3,(H,21,24). The maximum atomic E-state index is 13.5. The largest absolute Gasteiger partial charge is 0.336 e. The van der Waals surface area contributed by atoms with Crippen molar-refractivity contribution in [2.75, 3.05) is 32.1 Å². The fraction of sp³-hybridized carbons (Fsp3) is 0.316. The highest BCUT2D eigenvalue weighted by atomic mass is 19.1. The Morgan fingerprint density at radius 3 is 2.71 bits per heavy atom. The molecule has 2 aromatic rings. The van der Waals surface area contributed by atoms with Gasteiger partial charge in [0.2, 0.25) is 0 Å². The third-order valence-electron chi connectivity index (χ3n) is 4.44. The van der Waals surface area contributed by atoms with Crippen molar-refractivity contribution in [2.24, 2.45) is 0 Å². The topological polar surface area (TPSA) is 35.6 Å². The number of hydrogen-bond acceptors (Lipinski definition) is 2. The molecule has 0 saturated heterocycles. The van der Waals surface area contributed by atoms with Gasteiger partial charge in [-0.15, -0.1) is 0 Å². The minimum absolute atomic E-state index is 0.0877. The third kappa shape index (κ3) is 3.41. The molecule has 2 amide bonds. The Morgan fingerprint density at radius 1 is 1.25 bits per heavy atom. The Hall–Kier alpha value is -2.40. The Labute approximate surface area is 141 Å². The highest BCUT2D eigenvalue weighted by molar-refractivity contribution is 5.94. The summed E-state index contributed by atoms with van der Waals surface area (Å²) in [7, 11) is 3.98. The zero-order valence-corrected chi connectivity index (χ0v) is 14.0. The zero-order chi connectivity index (χ0) is 17.1. The van der Waals surface area contributed by atoms with Crippen molar-refractivity contribution in [3.63, 3.8) is 0 Å². The Bertz CT molecular complexity index is 718. The zero-order valence-electron chi connectivity index (χ0n) is 14.0. The van der Waals surface area contributed by atoms with Crippen LogP contribution >= 0.6 is 0 Å². The van der Waals surface area contributed by atoms with Crippen molar-refractivity contribution in [3.8, 4) is 0 Å². The summed E-state index contributed by atoms with van der Waals surface area (Å²) in [6, 6.07) is 14.6. The first kappa shape index (κ1) is 16.5. The normalized spacial score (nSPS) is 14.6. The second-order valence-corrected chi connectivity index (χ2v) is 6.25. The van der Waals surface area contributed by atoms with Gasteiger partial charge in [-0.05, 0) is 43.8 Å². The van der Waals surface area contributed by atoms with Crippen molar-refractivity contribution < 1.29 is 9.18 Å². The number of amides is 2. The molecule has 1 unspecified atom stereocenters. The molecule has 1 N–H and O–H groups in total. The summed E-state index contributed by atoms with van der Waals surface area (Å²) in [6.07, 6.45) is 0.763. The van der Waals surface area contributed by atoms with Gasteiger partial charge in [0, 0.05) is 13.1 Å². The Kier molecular flexibility index (Phi) is 4.81. The van der Waals surface area contributed by atoms with Crippen molar-refractivity contribution in [1.29, 1.82) is 0 Å². The number of rotatable bonds is 4. The highest BCUT2D eigenvalue weighted by Gasteiger charge is 2.26. The Balaban J connectivity index is 1.69. The molecule has 5 heteroatoms. The molecule has 0 bridgehead atoms. The highest BCUT2D eigenvalue weighted by Crippen LogP contribution is 2.28. The van der Waals surface area contributed by atoms with Crippen LogP contribution in [-0.2, 0) is 6.42 Å². The van der Waals surface area contributed by atoms with E-state index in [1.807, 2.05) is 32.3 Å². The SMILES string of the molecule is CN(C)C(CNC(=O)N1CCc2ccc(F)cc21)c1ccccc1. The van der Waals surface area contributed by atoms with Gasteiger partial charge in [-0.3, -0.25) is 4.90 Å². The molecule has 24 heavy (non-hydrogen) atoms. The summed E-state index contributed by atoms with van der Waals surface area (Å²) < 4.78 is 13.5. The van der Waals surface area contributed by atoms with Gasteiger partial charge in [0.05, 0.1) is 11.7 Å². The van der Waals surface area contributed by atoms with Crippen LogP contribution in [-0.4, -0.2) is 38.1 Å². The van der Waals surface area contributed by atoms with Crippen LogP contribution in [0.1, 0.15) is 17.2 Å². The number of carbonyl (C=O) groups excluding carboxylic acids is 1. The van der Waals surface area contributed by atoms with Crippen molar-refractivity contribution in [2.45, 2.75) is 12.5 Å². The number of hydrogen-bond donors (Lipinski definition) is 1.